The lowest BCUT2D eigenvalue weighted by Gasteiger charge is -2.09. The zero-order valence-electron chi connectivity index (χ0n) is 9.98. The number of halogens is 3. The maximum absolute atomic E-state index is 11.9. The lowest BCUT2D eigenvalue weighted by Crippen LogP contribution is -2.11. The molecular weight excluding hydrogens is 261 g/mol. The molecule has 1 aromatic rings. The van der Waals surface area contributed by atoms with Gasteiger partial charge in [-0.2, -0.15) is 13.2 Å². The van der Waals surface area contributed by atoms with Crippen molar-refractivity contribution in [3.63, 3.8) is 0 Å². The molecule has 0 fully saturated rings. The molecule has 0 heterocycles. The first-order chi connectivity index (χ1) is 8.88. The molecule has 0 aliphatic rings. The minimum absolute atomic E-state index is 0.0101. The van der Waals surface area contributed by atoms with Crippen molar-refractivity contribution in [2.45, 2.75) is 19.2 Å². The third-order valence-electron chi connectivity index (χ3n) is 2.25. The average Bonchev–Trinajstić information content (AvgIpc) is 2.32. The normalized spacial score (nSPS) is 11.9. The number of carboxylic acid groups (broad SMARTS) is 1. The summed E-state index contributed by atoms with van der Waals surface area (Å²) in [6, 6.07) is 6.76. The average molecular weight is 274 g/mol. The van der Waals surface area contributed by atoms with Crippen LogP contribution in [0.15, 0.2) is 30.3 Å². The smallest absolute Gasteiger partial charge is 0.391 e. The van der Waals surface area contributed by atoms with E-state index < -0.39 is 25.2 Å². The highest BCUT2D eigenvalue weighted by molar-refractivity contribution is 5.85. The van der Waals surface area contributed by atoms with Gasteiger partial charge >= 0.3 is 12.1 Å². The molecule has 3 nitrogen and oxygen atoms in total. The SMILES string of the molecule is O=C(O)/C=C/c1ccccc1COCCC(F)(F)F. The van der Waals surface area contributed by atoms with Crippen molar-refractivity contribution in [3.8, 4) is 0 Å². The monoisotopic (exact) mass is 274 g/mol. The Bertz CT molecular complexity index is 453. The Kier molecular flexibility index (Phi) is 5.57. The first-order valence-electron chi connectivity index (χ1n) is 5.52. The Hall–Kier alpha value is -1.82. The molecule has 0 radical (unpaired) electrons. The molecule has 0 aliphatic heterocycles. The maximum Gasteiger partial charge on any atom is 0.391 e. The number of benzene rings is 1. The highest BCUT2D eigenvalue weighted by atomic mass is 19.4. The van der Waals surface area contributed by atoms with Crippen LogP contribution in [0.1, 0.15) is 17.5 Å². The van der Waals surface area contributed by atoms with Crippen LogP contribution < -0.4 is 0 Å². The predicted octanol–water partition coefficient (Wildman–Crippen LogP) is 3.25. The van der Waals surface area contributed by atoms with Crippen LogP contribution in [0.5, 0.6) is 0 Å². The summed E-state index contributed by atoms with van der Waals surface area (Å²) in [6.07, 6.45) is -2.89. The number of aliphatic carboxylic acids is 1. The molecule has 0 aliphatic carbocycles. The molecule has 19 heavy (non-hydrogen) atoms. The van der Waals surface area contributed by atoms with Gasteiger partial charge in [0.2, 0.25) is 0 Å². The molecule has 0 atom stereocenters. The van der Waals surface area contributed by atoms with Crippen LogP contribution in [-0.2, 0) is 16.1 Å². The molecule has 1 N–H and O–H groups in total. The van der Waals surface area contributed by atoms with Gasteiger partial charge in [-0.3, -0.25) is 0 Å². The van der Waals surface area contributed by atoms with Crippen molar-refractivity contribution in [1.82, 2.24) is 0 Å². The van der Waals surface area contributed by atoms with E-state index in [1.807, 2.05) is 0 Å². The summed E-state index contributed by atoms with van der Waals surface area (Å²) in [7, 11) is 0. The maximum atomic E-state index is 11.9. The van der Waals surface area contributed by atoms with E-state index in [4.69, 9.17) is 9.84 Å². The van der Waals surface area contributed by atoms with Gasteiger partial charge < -0.3 is 9.84 Å². The summed E-state index contributed by atoms with van der Waals surface area (Å²) in [5.74, 6) is -1.09. The minimum Gasteiger partial charge on any atom is -0.478 e. The van der Waals surface area contributed by atoms with E-state index in [0.717, 1.165) is 6.08 Å². The van der Waals surface area contributed by atoms with Gasteiger partial charge in [0, 0.05) is 6.08 Å². The van der Waals surface area contributed by atoms with Crippen molar-refractivity contribution in [2.24, 2.45) is 0 Å². The minimum atomic E-state index is -4.23. The number of alkyl halides is 3. The fraction of sp³-hybridized carbons (Fsp3) is 0.308. The zero-order valence-corrected chi connectivity index (χ0v) is 9.98. The van der Waals surface area contributed by atoms with Crippen molar-refractivity contribution >= 4 is 12.0 Å². The second kappa shape index (κ2) is 6.94. The fourth-order valence-electron chi connectivity index (χ4n) is 1.36. The topological polar surface area (TPSA) is 46.5 Å². The van der Waals surface area contributed by atoms with E-state index in [1.165, 1.54) is 6.08 Å². The fourth-order valence-corrected chi connectivity index (χ4v) is 1.36. The summed E-state index contributed by atoms with van der Waals surface area (Å²) >= 11 is 0. The molecular formula is C13H13F3O3. The second-order valence-corrected chi connectivity index (χ2v) is 3.79. The molecule has 0 saturated carbocycles. The van der Waals surface area contributed by atoms with E-state index in [-0.39, 0.29) is 6.61 Å². The van der Waals surface area contributed by atoms with Gasteiger partial charge in [-0.1, -0.05) is 24.3 Å². The summed E-state index contributed by atoms with van der Waals surface area (Å²) in [6.45, 7) is -0.406. The van der Waals surface area contributed by atoms with E-state index in [1.54, 1.807) is 24.3 Å². The third kappa shape index (κ3) is 6.61. The number of hydrogen-bond acceptors (Lipinski definition) is 2. The Morgan fingerprint density at radius 1 is 1.32 bits per heavy atom. The number of hydrogen-bond donors (Lipinski definition) is 1. The first kappa shape index (κ1) is 15.2. The van der Waals surface area contributed by atoms with Crippen molar-refractivity contribution in [1.29, 1.82) is 0 Å². The highest BCUT2D eigenvalue weighted by Gasteiger charge is 2.26. The van der Waals surface area contributed by atoms with E-state index >= 15 is 0 Å². The van der Waals surface area contributed by atoms with Crippen LogP contribution in [-0.4, -0.2) is 23.9 Å². The second-order valence-electron chi connectivity index (χ2n) is 3.79. The molecule has 1 rings (SSSR count). The van der Waals surface area contributed by atoms with Crippen molar-refractivity contribution in [2.75, 3.05) is 6.61 Å². The van der Waals surface area contributed by atoms with Gasteiger partial charge in [0.1, 0.15) is 0 Å². The van der Waals surface area contributed by atoms with Gasteiger partial charge in [-0.15, -0.1) is 0 Å². The van der Waals surface area contributed by atoms with Crippen LogP contribution in [0.3, 0.4) is 0 Å². The first-order valence-corrected chi connectivity index (χ1v) is 5.52. The molecule has 0 bridgehead atoms. The van der Waals surface area contributed by atoms with Gasteiger partial charge in [-0.05, 0) is 17.2 Å². The summed E-state index contributed by atoms with van der Waals surface area (Å²) < 4.78 is 40.7. The third-order valence-corrected chi connectivity index (χ3v) is 2.25. The highest BCUT2D eigenvalue weighted by Crippen LogP contribution is 2.19. The Morgan fingerprint density at radius 3 is 2.63 bits per heavy atom. The van der Waals surface area contributed by atoms with Crippen LogP contribution >= 0.6 is 0 Å². The number of rotatable bonds is 6. The van der Waals surface area contributed by atoms with E-state index in [9.17, 15) is 18.0 Å². The van der Waals surface area contributed by atoms with Gasteiger partial charge in [0.25, 0.3) is 0 Å². The number of carbonyl (C=O) groups is 1. The van der Waals surface area contributed by atoms with E-state index in [0.29, 0.717) is 11.1 Å². The lowest BCUT2D eigenvalue weighted by atomic mass is 10.1. The molecule has 6 heteroatoms. The molecule has 0 spiro atoms. The molecule has 0 aromatic heterocycles. The van der Waals surface area contributed by atoms with Crippen LogP contribution in [0.25, 0.3) is 6.08 Å². The summed E-state index contributed by atoms with van der Waals surface area (Å²) in [5, 5.41) is 8.53. The Morgan fingerprint density at radius 2 is 2.00 bits per heavy atom. The number of ether oxygens (including phenoxy) is 1. The van der Waals surface area contributed by atoms with Crippen LogP contribution in [0.4, 0.5) is 13.2 Å². The molecule has 0 saturated heterocycles. The van der Waals surface area contributed by atoms with Gasteiger partial charge in [-0.25, -0.2) is 4.79 Å². The van der Waals surface area contributed by atoms with Crippen LogP contribution in [0, 0.1) is 0 Å². The van der Waals surface area contributed by atoms with Crippen molar-refractivity contribution < 1.29 is 27.8 Å². The molecule has 0 amide bonds. The van der Waals surface area contributed by atoms with Crippen molar-refractivity contribution in [3.05, 3.63) is 41.5 Å². The van der Waals surface area contributed by atoms with Crippen LogP contribution in [0.2, 0.25) is 0 Å². The lowest BCUT2D eigenvalue weighted by molar-refractivity contribution is -0.146. The summed E-state index contributed by atoms with van der Waals surface area (Å²) in [5.41, 5.74) is 1.25. The molecule has 0 unspecified atom stereocenters. The predicted molar refractivity (Wildman–Crippen MR) is 63.4 cm³/mol. The van der Waals surface area contributed by atoms with E-state index in [2.05, 4.69) is 0 Å². The Labute approximate surface area is 108 Å². The summed E-state index contributed by atoms with van der Waals surface area (Å²) in [4.78, 5) is 10.4. The number of carboxylic acids is 1. The standard InChI is InChI=1S/C13H13F3O3/c14-13(15,16)7-8-19-9-11-4-2-1-3-10(11)5-6-12(17)18/h1-6H,7-9H2,(H,17,18)/b6-5+. The molecule has 104 valence electrons. The molecule has 1 aromatic carbocycles. The quantitative estimate of drug-likeness (QED) is 0.639. The van der Waals surface area contributed by atoms with Gasteiger partial charge in [0.05, 0.1) is 19.6 Å². The zero-order chi connectivity index (χ0) is 14.3. The Balaban J connectivity index is 2.56. The largest absolute Gasteiger partial charge is 0.478 e. The van der Waals surface area contributed by atoms with Gasteiger partial charge in [0.15, 0.2) is 0 Å².